The molecule has 18 heavy (non-hydrogen) atoms. The van der Waals surface area contributed by atoms with Crippen LogP contribution < -0.4 is 5.32 Å². The van der Waals surface area contributed by atoms with Gasteiger partial charge in [-0.1, -0.05) is 23.7 Å². The minimum Gasteiger partial charge on any atom is -0.323 e. The normalized spacial score (nSPS) is 10.4. The number of carbonyl (C=O) groups excluding carboxylic acids is 1. The summed E-state index contributed by atoms with van der Waals surface area (Å²) in [5.74, 6) is -0.144. The lowest BCUT2D eigenvalue weighted by molar-refractivity contribution is -0.116. The lowest BCUT2D eigenvalue weighted by Gasteiger charge is -2.08. The summed E-state index contributed by atoms with van der Waals surface area (Å²) >= 11 is 5.97. The fourth-order valence-corrected chi connectivity index (χ4v) is 1.91. The third-order valence-corrected chi connectivity index (χ3v) is 2.87. The zero-order valence-electron chi connectivity index (χ0n) is 10.3. The number of amides is 1. The van der Waals surface area contributed by atoms with Crippen LogP contribution in [0.4, 0.5) is 5.69 Å². The molecule has 0 saturated heterocycles. The third-order valence-electron chi connectivity index (χ3n) is 2.54. The summed E-state index contributed by atoms with van der Waals surface area (Å²) in [6.07, 6.45) is 0. The molecule has 0 unspecified atom stereocenters. The summed E-state index contributed by atoms with van der Waals surface area (Å²) < 4.78 is 1.67. The topological polar surface area (TPSA) is 46.9 Å². The van der Waals surface area contributed by atoms with Crippen molar-refractivity contribution in [1.29, 1.82) is 0 Å². The predicted molar refractivity (Wildman–Crippen MR) is 71.8 cm³/mol. The van der Waals surface area contributed by atoms with Gasteiger partial charge in [-0.2, -0.15) is 5.10 Å². The number of nitrogens with zero attached hydrogens (tertiary/aromatic N) is 2. The van der Waals surface area contributed by atoms with Gasteiger partial charge in [0.1, 0.15) is 6.54 Å². The molecule has 1 aromatic carbocycles. The monoisotopic (exact) mass is 263 g/mol. The van der Waals surface area contributed by atoms with Gasteiger partial charge < -0.3 is 5.32 Å². The molecule has 1 N–H and O–H groups in total. The number of carbonyl (C=O) groups is 1. The van der Waals surface area contributed by atoms with Gasteiger partial charge in [0.25, 0.3) is 0 Å². The standard InChI is InChI=1S/C13H14ClN3O/c1-9-7-10(2)17(16-9)8-13(18)15-12-6-4-3-5-11(12)14/h3-7H,8H2,1-2H3,(H,15,18). The number of anilines is 1. The maximum absolute atomic E-state index is 11.9. The van der Waals surface area contributed by atoms with Gasteiger partial charge in [-0.3, -0.25) is 9.48 Å². The molecule has 0 aliphatic heterocycles. The number of para-hydroxylation sites is 1. The lowest BCUT2D eigenvalue weighted by Crippen LogP contribution is -2.20. The Balaban J connectivity index is 2.06. The maximum Gasteiger partial charge on any atom is 0.246 e. The lowest BCUT2D eigenvalue weighted by atomic mass is 10.3. The van der Waals surface area contributed by atoms with Crippen LogP contribution in [0.1, 0.15) is 11.4 Å². The molecular weight excluding hydrogens is 250 g/mol. The van der Waals surface area contributed by atoms with Crippen molar-refractivity contribution < 1.29 is 4.79 Å². The van der Waals surface area contributed by atoms with Crippen molar-refractivity contribution in [2.24, 2.45) is 0 Å². The van der Waals surface area contributed by atoms with Crippen LogP contribution in [-0.4, -0.2) is 15.7 Å². The van der Waals surface area contributed by atoms with Crippen LogP contribution in [0.2, 0.25) is 5.02 Å². The fourth-order valence-electron chi connectivity index (χ4n) is 1.72. The Bertz CT molecular complexity index is 577. The Labute approximate surface area is 111 Å². The molecule has 94 valence electrons. The summed E-state index contributed by atoms with van der Waals surface area (Å²) in [6.45, 7) is 4.00. The van der Waals surface area contributed by atoms with Gasteiger partial charge >= 0.3 is 0 Å². The minimum atomic E-state index is -0.144. The molecular formula is C13H14ClN3O. The number of rotatable bonds is 3. The van der Waals surface area contributed by atoms with E-state index in [0.29, 0.717) is 10.7 Å². The van der Waals surface area contributed by atoms with Crippen LogP contribution in [0.5, 0.6) is 0 Å². The number of aryl methyl sites for hydroxylation is 2. The summed E-state index contributed by atoms with van der Waals surface area (Å²) in [5.41, 5.74) is 2.48. The molecule has 0 aliphatic carbocycles. The largest absolute Gasteiger partial charge is 0.323 e. The molecule has 0 atom stereocenters. The fraction of sp³-hybridized carbons (Fsp3) is 0.231. The van der Waals surface area contributed by atoms with E-state index in [9.17, 15) is 4.79 Å². The molecule has 1 amide bonds. The molecule has 2 aromatic rings. The quantitative estimate of drug-likeness (QED) is 0.926. The van der Waals surface area contributed by atoms with Gasteiger partial charge in [-0.15, -0.1) is 0 Å². The van der Waals surface area contributed by atoms with E-state index in [4.69, 9.17) is 11.6 Å². The van der Waals surface area contributed by atoms with Crippen molar-refractivity contribution in [2.45, 2.75) is 20.4 Å². The number of nitrogens with one attached hydrogen (secondary N) is 1. The molecule has 0 radical (unpaired) electrons. The summed E-state index contributed by atoms with van der Waals surface area (Å²) in [5, 5.41) is 7.53. The van der Waals surface area contributed by atoms with E-state index in [-0.39, 0.29) is 12.5 Å². The van der Waals surface area contributed by atoms with Crippen molar-refractivity contribution >= 4 is 23.2 Å². The van der Waals surface area contributed by atoms with E-state index in [2.05, 4.69) is 10.4 Å². The van der Waals surface area contributed by atoms with E-state index < -0.39 is 0 Å². The van der Waals surface area contributed by atoms with Gasteiger partial charge in [-0.25, -0.2) is 0 Å². The second-order valence-electron chi connectivity index (χ2n) is 4.11. The highest BCUT2D eigenvalue weighted by Gasteiger charge is 2.08. The van der Waals surface area contributed by atoms with Gasteiger partial charge in [0, 0.05) is 5.69 Å². The summed E-state index contributed by atoms with van der Waals surface area (Å²) in [4.78, 5) is 11.9. The molecule has 0 aliphatic rings. The van der Waals surface area contributed by atoms with Crippen molar-refractivity contribution in [1.82, 2.24) is 9.78 Å². The van der Waals surface area contributed by atoms with Crippen molar-refractivity contribution in [2.75, 3.05) is 5.32 Å². The van der Waals surface area contributed by atoms with Crippen LogP contribution in [0.3, 0.4) is 0 Å². The predicted octanol–water partition coefficient (Wildman–Crippen LogP) is 2.79. The van der Waals surface area contributed by atoms with Crippen LogP contribution in [0.15, 0.2) is 30.3 Å². The Morgan fingerprint density at radius 3 is 2.72 bits per heavy atom. The first-order chi connectivity index (χ1) is 8.56. The molecule has 0 bridgehead atoms. The average molecular weight is 264 g/mol. The van der Waals surface area contributed by atoms with E-state index in [1.54, 1.807) is 16.8 Å². The Morgan fingerprint density at radius 2 is 2.11 bits per heavy atom. The Kier molecular flexibility index (Phi) is 3.67. The second-order valence-corrected chi connectivity index (χ2v) is 4.52. The molecule has 1 aromatic heterocycles. The van der Waals surface area contributed by atoms with Gasteiger partial charge in [-0.05, 0) is 32.0 Å². The first-order valence-corrected chi connectivity index (χ1v) is 5.99. The smallest absolute Gasteiger partial charge is 0.246 e. The van der Waals surface area contributed by atoms with E-state index in [1.807, 2.05) is 32.0 Å². The molecule has 0 saturated carbocycles. The van der Waals surface area contributed by atoms with Crippen LogP contribution in [0.25, 0.3) is 0 Å². The molecule has 2 rings (SSSR count). The Morgan fingerprint density at radius 1 is 1.39 bits per heavy atom. The van der Waals surface area contributed by atoms with Crippen LogP contribution in [0, 0.1) is 13.8 Å². The van der Waals surface area contributed by atoms with Crippen LogP contribution >= 0.6 is 11.6 Å². The minimum absolute atomic E-state index is 0.144. The third kappa shape index (κ3) is 2.90. The molecule has 1 heterocycles. The molecule has 0 fully saturated rings. The highest BCUT2D eigenvalue weighted by atomic mass is 35.5. The average Bonchev–Trinajstić information content (AvgIpc) is 2.61. The number of hydrogen-bond donors (Lipinski definition) is 1. The molecule has 0 spiro atoms. The second kappa shape index (κ2) is 5.23. The van der Waals surface area contributed by atoms with Gasteiger partial charge in [0.05, 0.1) is 16.4 Å². The summed E-state index contributed by atoms with van der Waals surface area (Å²) in [7, 11) is 0. The zero-order valence-corrected chi connectivity index (χ0v) is 11.0. The number of halogens is 1. The van der Waals surface area contributed by atoms with E-state index in [1.165, 1.54) is 0 Å². The molecule has 5 heteroatoms. The first kappa shape index (κ1) is 12.6. The van der Waals surface area contributed by atoms with Gasteiger partial charge in [0.15, 0.2) is 0 Å². The Hall–Kier alpha value is -1.81. The van der Waals surface area contributed by atoms with Crippen LogP contribution in [-0.2, 0) is 11.3 Å². The highest BCUT2D eigenvalue weighted by molar-refractivity contribution is 6.33. The number of aromatic nitrogens is 2. The van der Waals surface area contributed by atoms with E-state index in [0.717, 1.165) is 11.4 Å². The summed E-state index contributed by atoms with van der Waals surface area (Å²) in [6, 6.07) is 9.08. The van der Waals surface area contributed by atoms with Crippen molar-refractivity contribution in [3.05, 3.63) is 46.7 Å². The van der Waals surface area contributed by atoms with Crippen molar-refractivity contribution in [3.63, 3.8) is 0 Å². The molecule has 4 nitrogen and oxygen atoms in total. The maximum atomic E-state index is 11.9. The first-order valence-electron chi connectivity index (χ1n) is 5.61. The number of benzene rings is 1. The highest BCUT2D eigenvalue weighted by Crippen LogP contribution is 2.20. The van der Waals surface area contributed by atoms with Crippen molar-refractivity contribution in [3.8, 4) is 0 Å². The zero-order chi connectivity index (χ0) is 13.1. The van der Waals surface area contributed by atoms with E-state index >= 15 is 0 Å². The van der Waals surface area contributed by atoms with Gasteiger partial charge in [0.2, 0.25) is 5.91 Å². The number of hydrogen-bond acceptors (Lipinski definition) is 2. The SMILES string of the molecule is Cc1cc(C)n(CC(=O)Nc2ccccc2Cl)n1.